The molecule has 44 heavy (non-hydrogen) atoms. The number of benzene rings is 2. The summed E-state index contributed by atoms with van der Waals surface area (Å²) in [5, 5.41) is 16.5. The van der Waals surface area contributed by atoms with Crippen LogP contribution in [-0.2, 0) is 22.7 Å². The van der Waals surface area contributed by atoms with Gasteiger partial charge in [-0.3, -0.25) is 4.79 Å². The first-order valence-corrected chi connectivity index (χ1v) is 14.7. The third-order valence-corrected chi connectivity index (χ3v) is 8.49. The van der Waals surface area contributed by atoms with E-state index in [0.29, 0.717) is 11.0 Å². The van der Waals surface area contributed by atoms with Crippen LogP contribution in [0.1, 0.15) is 29.9 Å². The van der Waals surface area contributed by atoms with Crippen LogP contribution in [0, 0.1) is 34.3 Å². The lowest BCUT2D eigenvalue weighted by molar-refractivity contribution is -0.485. The zero-order chi connectivity index (χ0) is 32.7. The van der Waals surface area contributed by atoms with Crippen LogP contribution in [-0.4, -0.2) is 35.2 Å². The van der Waals surface area contributed by atoms with E-state index in [9.17, 15) is 28.1 Å². The number of ether oxygens (including phenoxy) is 1. The average molecular weight is 673 g/mol. The highest BCUT2D eigenvalue weighted by molar-refractivity contribution is 7.15. The third-order valence-electron chi connectivity index (χ3n) is 7.04. The molecule has 1 fully saturated rings. The summed E-state index contributed by atoms with van der Waals surface area (Å²) in [6.07, 6.45) is -2.09. The number of nitrogens with zero attached hydrogens (tertiary/aromatic N) is 3. The molecule has 2 aromatic carbocycles. The molecule has 0 saturated heterocycles. The van der Waals surface area contributed by atoms with Crippen molar-refractivity contribution >= 4 is 46.5 Å². The number of nitrogens with one attached hydrogen (secondary N) is 2. The minimum absolute atomic E-state index is 0.0708. The number of allylic oxidation sites excluding steroid dienone is 2. The summed E-state index contributed by atoms with van der Waals surface area (Å²) in [5.74, 6) is -1.66. The fourth-order valence-electron chi connectivity index (χ4n) is 4.49. The average Bonchev–Trinajstić information content (AvgIpc) is 3.26. The number of halogens is 5. The van der Waals surface area contributed by atoms with Gasteiger partial charge in [0, 0.05) is 18.1 Å². The number of hydrogen-bond donors (Lipinski definition) is 2. The Morgan fingerprint density at radius 3 is 2.48 bits per heavy atom. The van der Waals surface area contributed by atoms with Crippen molar-refractivity contribution in [3.63, 3.8) is 0 Å². The van der Waals surface area contributed by atoms with Gasteiger partial charge in [-0.25, -0.2) is 15.1 Å². The zero-order valence-electron chi connectivity index (χ0n) is 24.1. The van der Waals surface area contributed by atoms with E-state index < -0.39 is 39.5 Å². The fraction of sp³-hybridized carbons (Fsp3) is 0.345. The van der Waals surface area contributed by atoms with Crippen molar-refractivity contribution in [2.45, 2.75) is 40.1 Å². The Hall–Kier alpha value is -3.68. The van der Waals surface area contributed by atoms with E-state index in [1.807, 2.05) is 55.5 Å². The summed E-state index contributed by atoms with van der Waals surface area (Å²) in [7, 11) is 1.54. The van der Waals surface area contributed by atoms with Crippen molar-refractivity contribution in [1.82, 2.24) is 15.6 Å². The van der Waals surface area contributed by atoms with Crippen molar-refractivity contribution in [1.29, 1.82) is 0 Å². The van der Waals surface area contributed by atoms with Crippen molar-refractivity contribution in [3.8, 4) is 11.1 Å². The Kier molecular flexibility index (Phi) is 11.8. The Balaban J connectivity index is 0.000000297. The smallest absolute Gasteiger partial charge is 0.426 e. The van der Waals surface area contributed by atoms with E-state index in [0.717, 1.165) is 33.2 Å². The standard InChI is InChI=1S/C23H22ClF3O2.C6H8ClN5O2S/c1-14-16(10-7-11-17(14)15-8-5-4-6-9-15)13-29-21(28)20-18(22(20,2)3)12-19(24)23(25,26)27;1-8-6(11-12(13)14)10-3-4-2-9-5(7)15-4/h4-12,18,20H,13H2,1-3H3;2H,3H2,1H3,(H2,8,10,11)/b19-12-;/t18-,20-;/m0./s1. The molecule has 9 nitrogen and oxygen atoms in total. The van der Waals surface area contributed by atoms with Crippen molar-refractivity contribution < 1.29 is 27.7 Å². The van der Waals surface area contributed by atoms with Crippen LogP contribution in [0.4, 0.5) is 13.2 Å². The number of hydrazone groups is 1. The van der Waals surface area contributed by atoms with Gasteiger partial charge in [-0.1, -0.05) is 91.7 Å². The Bertz CT molecular complexity index is 1530. The summed E-state index contributed by atoms with van der Waals surface area (Å²) < 4.78 is 44.0. The number of nitro groups is 1. The maximum Gasteiger partial charge on any atom is 0.426 e. The maximum absolute atomic E-state index is 12.7. The fourth-order valence-corrected chi connectivity index (χ4v) is 5.54. The molecule has 1 aliphatic rings. The molecule has 0 spiro atoms. The number of hydrogen-bond acceptors (Lipinski definition) is 6. The van der Waals surface area contributed by atoms with Gasteiger partial charge in [0.1, 0.15) is 16.7 Å². The SMILES string of the molecule is CNC(=N[N+](=O)[O-])NCc1cnc(Cl)s1.Cc1c(COC(=O)[C@@H]2[C@H](/C=C(\Cl)C(F)(F)F)C2(C)C)cccc1-c1ccccc1. The third kappa shape index (κ3) is 9.41. The van der Waals surface area contributed by atoms with Gasteiger partial charge in [0.2, 0.25) is 0 Å². The van der Waals surface area contributed by atoms with Gasteiger partial charge in [-0.05, 0) is 40.5 Å². The molecule has 0 unspecified atom stereocenters. The van der Waals surface area contributed by atoms with Crippen LogP contribution in [0.2, 0.25) is 4.47 Å². The predicted octanol–water partition coefficient (Wildman–Crippen LogP) is 7.32. The Labute approximate surface area is 266 Å². The highest BCUT2D eigenvalue weighted by Gasteiger charge is 2.62. The second-order valence-corrected chi connectivity index (χ2v) is 12.4. The van der Waals surface area contributed by atoms with Crippen LogP contribution in [0.3, 0.4) is 0 Å². The van der Waals surface area contributed by atoms with E-state index in [1.54, 1.807) is 20.0 Å². The summed E-state index contributed by atoms with van der Waals surface area (Å²) in [6, 6.07) is 15.6. The highest BCUT2D eigenvalue weighted by atomic mass is 35.5. The molecule has 1 aliphatic carbocycles. The van der Waals surface area contributed by atoms with Gasteiger partial charge in [-0.15, -0.1) is 11.3 Å². The maximum atomic E-state index is 12.7. The molecule has 236 valence electrons. The minimum atomic E-state index is -4.61. The largest absolute Gasteiger partial charge is 0.461 e. The van der Waals surface area contributed by atoms with E-state index in [2.05, 4.69) is 20.7 Å². The molecule has 2 N–H and O–H groups in total. The molecule has 1 saturated carbocycles. The molecule has 3 aromatic rings. The van der Waals surface area contributed by atoms with E-state index in [4.69, 9.17) is 27.9 Å². The monoisotopic (exact) mass is 671 g/mol. The van der Waals surface area contributed by atoms with Gasteiger partial charge in [0.05, 0.1) is 12.5 Å². The second-order valence-electron chi connectivity index (χ2n) is 10.3. The highest BCUT2D eigenvalue weighted by Crippen LogP contribution is 2.60. The van der Waals surface area contributed by atoms with Gasteiger partial charge < -0.3 is 15.4 Å². The lowest BCUT2D eigenvalue weighted by Crippen LogP contribution is -2.34. The first kappa shape index (κ1) is 34.8. The number of rotatable bonds is 8. The van der Waals surface area contributed by atoms with Gasteiger partial charge in [-0.2, -0.15) is 13.2 Å². The summed E-state index contributed by atoms with van der Waals surface area (Å²) in [6.45, 7) is 5.89. The van der Waals surface area contributed by atoms with E-state index >= 15 is 0 Å². The number of carbonyl (C=O) groups excluding carboxylic acids is 1. The van der Waals surface area contributed by atoms with Gasteiger partial charge in [0.25, 0.3) is 5.96 Å². The first-order valence-electron chi connectivity index (χ1n) is 13.1. The molecule has 1 aromatic heterocycles. The lowest BCUT2D eigenvalue weighted by Gasteiger charge is -2.12. The molecule has 2 atom stereocenters. The second kappa shape index (κ2) is 14.9. The molecule has 0 radical (unpaired) electrons. The molecule has 0 amide bonds. The Morgan fingerprint density at radius 1 is 1.23 bits per heavy atom. The molecule has 0 aliphatic heterocycles. The van der Waals surface area contributed by atoms with Crippen LogP contribution in [0.15, 0.2) is 70.9 Å². The topological polar surface area (TPSA) is 119 Å². The minimum Gasteiger partial charge on any atom is -0.461 e. The number of carbonyl (C=O) groups is 1. The Morgan fingerprint density at radius 2 is 1.91 bits per heavy atom. The van der Waals surface area contributed by atoms with Crippen molar-refractivity contribution in [2.24, 2.45) is 22.4 Å². The molecule has 15 heteroatoms. The normalized spacial score (nSPS) is 17.7. The van der Waals surface area contributed by atoms with Gasteiger partial charge >= 0.3 is 12.1 Å². The molecular weight excluding hydrogens is 642 g/mol. The van der Waals surface area contributed by atoms with Crippen LogP contribution in [0.5, 0.6) is 0 Å². The number of esters is 1. The van der Waals surface area contributed by atoms with E-state index in [1.165, 1.54) is 18.4 Å². The molecule has 0 bridgehead atoms. The predicted molar refractivity (Wildman–Crippen MR) is 165 cm³/mol. The quantitative estimate of drug-likeness (QED) is 0.0847. The van der Waals surface area contributed by atoms with Crippen LogP contribution in [0.25, 0.3) is 11.1 Å². The zero-order valence-corrected chi connectivity index (χ0v) is 26.4. The lowest BCUT2D eigenvalue weighted by atomic mass is 9.97. The number of alkyl halides is 3. The number of thiazole rings is 1. The molecule has 4 rings (SSSR count). The first-order chi connectivity index (χ1) is 20.6. The van der Waals surface area contributed by atoms with E-state index in [-0.39, 0.29) is 12.6 Å². The number of aromatic nitrogens is 1. The van der Waals surface area contributed by atoms with Crippen molar-refractivity contribution in [3.05, 3.63) is 96.4 Å². The van der Waals surface area contributed by atoms with Gasteiger partial charge in [0.15, 0.2) is 9.50 Å². The summed E-state index contributed by atoms with van der Waals surface area (Å²) >= 11 is 12.3. The van der Waals surface area contributed by atoms with Crippen molar-refractivity contribution in [2.75, 3.05) is 7.05 Å². The summed E-state index contributed by atoms with van der Waals surface area (Å²) in [4.78, 5) is 27.3. The molecule has 1 heterocycles. The number of guanidine groups is 1. The van der Waals surface area contributed by atoms with Crippen LogP contribution < -0.4 is 10.6 Å². The summed E-state index contributed by atoms with van der Waals surface area (Å²) in [5.41, 5.74) is 3.34. The molecular formula is C29H30Cl2F3N5O4S. The van der Waals surface area contributed by atoms with Crippen LogP contribution >= 0.6 is 34.5 Å².